The van der Waals surface area contributed by atoms with Crippen molar-refractivity contribution in [1.82, 2.24) is 4.57 Å². The maximum Gasteiger partial charge on any atom is 0.198 e. The largest absolute Gasteiger partial charge is 0.456 e. The molecule has 10 rings (SSSR count). The van der Waals surface area contributed by atoms with Gasteiger partial charge in [-0.15, -0.1) is 0 Å². The lowest BCUT2D eigenvalue weighted by molar-refractivity contribution is 0.669. The number of anilines is 2. The second-order valence-electron chi connectivity index (χ2n) is 12.2. The molecular formula is C42H27BN2O. The predicted molar refractivity (Wildman–Crippen MR) is 195 cm³/mol. The minimum Gasteiger partial charge on any atom is -0.456 e. The Labute approximate surface area is 266 Å². The Hall–Kier alpha value is -6.00. The number of benzene rings is 7. The van der Waals surface area contributed by atoms with Crippen LogP contribution < -0.4 is 16.2 Å². The molecule has 0 aliphatic carbocycles. The van der Waals surface area contributed by atoms with E-state index >= 15 is 0 Å². The van der Waals surface area contributed by atoms with Crippen molar-refractivity contribution >= 4 is 73.3 Å². The highest BCUT2D eigenvalue weighted by Gasteiger charge is 2.29. The van der Waals surface area contributed by atoms with Crippen LogP contribution >= 0.6 is 0 Å². The molecule has 1 N–H and O–H groups in total. The second-order valence-corrected chi connectivity index (χ2v) is 12.2. The highest BCUT2D eigenvalue weighted by molar-refractivity contribution is 6.73. The van der Waals surface area contributed by atoms with E-state index in [0.717, 1.165) is 46.2 Å². The average molecular weight is 587 g/mol. The van der Waals surface area contributed by atoms with Crippen LogP contribution in [0.1, 0.15) is 0 Å². The first-order valence-electron chi connectivity index (χ1n) is 15.8. The van der Waals surface area contributed by atoms with E-state index in [9.17, 15) is 0 Å². The highest BCUT2D eigenvalue weighted by atomic mass is 16.3. The monoisotopic (exact) mass is 586 g/mol. The third-order valence-corrected chi connectivity index (χ3v) is 9.59. The van der Waals surface area contributed by atoms with Gasteiger partial charge in [0.1, 0.15) is 11.2 Å². The summed E-state index contributed by atoms with van der Waals surface area (Å²) >= 11 is 0. The number of para-hydroxylation sites is 4. The minimum absolute atomic E-state index is 0.850. The Morgan fingerprint density at radius 1 is 0.543 bits per heavy atom. The van der Waals surface area contributed by atoms with Gasteiger partial charge >= 0.3 is 0 Å². The number of furan rings is 1. The zero-order valence-corrected chi connectivity index (χ0v) is 25.0. The van der Waals surface area contributed by atoms with Crippen molar-refractivity contribution in [2.24, 2.45) is 0 Å². The molecule has 46 heavy (non-hydrogen) atoms. The lowest BCUT2D eigenvalue weighted by atomic mass is 9.58. The molecule has 0 fully saturated rings. The number of fused-ring (bicyclic) bond motifs is 8. The maximum atomic E-state index is 6.41. The fraction of sp³-hybridized carbons (Fsp3) is 0. The van der Waals surface area contributed by atoms with Crippen molar-refractivity contribution in [3.63, 3.8) is 0 Å². The standard InChI is InChI=1S/C42H27BN2O/c1-3-13-26(14-4-1)30-23-33(41-42-40(30)29-18-7-10-20-36(29)45(42)37-21-11-9-19-34(37)43-41)31-24-32-28-17-8-12-22-38(28)46-39(32)25-35(31)44-27-15-5-2-6-16-27/h1-25,43-44H. The van der Waals surface area contributed by atoms with Crippen LogP contribution in [0.2, 0.25) is 0 Å². The third-order valence-electron chi connectivity index (χ3n) is 9.59. The van der Waals surface area contributed by atoms with Crippen LogP contribution in [0.15, 0.2) is 156 Å². The van der Waals surface area contributed by atoms with Crippen LogP contribution in [0, 0.1) is 0 Å². The van der Waals surface area contributed by atoms with Gasteiger partial charge in [-0.3, -0.25) is 0 Å². The first-order valence-corrected chi connectivity index (χ1v) is 15.8. The van der Waals surface area contributed by atoms with Gasteiger partial charge in [0.2, 0.25) is 0 Å². The number of rotatable bonds is 4. The van der Waals surface area contributed by atoms with Crippen molar-refractivity contribution in [1.29, 1.82) is 0 Å². The molecule has 3 heterocycles. The van der Waals surface area contributed by atoms with Gasteiger partial charge in [0.15, 0.2) is 7.28 Å². The Kier molecular flexibility index (Phi) is 5.37. The summed E-state index contributed by atoms with van der Waals surface area (Å²) in [7, 11) is 0.850. The lowest BCUT2D eigenvalue weighted by Crippen LogP contribution is -2.37. The third kappa shape index (κ3) is 3.67. The average Bonchev–Trinajstić information content (AvgIpc) is 3.66. The van der Waals surface area contributed by atoms with E-state index < -0.39 is 0 Å². The molecule has 0 spiro atoms. The molecule has 0 unspecified atom stereocenters. The van der Waals surface area contributed by atoms with Gasteiger partial charge in [0.05, 0.1) is 11.2 Å². The van der Waals surface area contributed by atoms with E-state index in [4.69, 9.17) is 4.42 Å². The van der Waals surface area contributed by atoms with Crippen molar-refractivity contribution < 1.29 is 4.42 Å². The van der Waals surface area contributed by atoms with Gasteiger partial charge < -0.3 is 14.3 Å². The molecule has 0 saturated heterocycles. The Morgan fingerprint density at radius 3 is 2.13 bits per heavy atom. The fourth-order valence-corrected chi connectivity index (χ4v) is 7.59. The van der Waals surface area contributed by atoms with Crippen molar-refractivity contribution in [2.75, 3.05) is 5.32 Å². The molecule has 0 saturated carbocycles. The Morgan fingerprint density at radius 2 is 1.26 bits per heavy atom. The minimum atomic E-state index is 0.850. The van der Waals surface area contributed by atoms with Crippen LogP contribution in [-0.2, 0) is 0 Å². The number of hydrogen-bond donors (Lipinski definition) is 1. The smallest absolute Gasteiger partial charge is 0.198 e. The van der Waals surface area contributed by atoms with E-state index in [1.165, 1.54) is 55.1 Å². The SMILES string of the molecule is B1c2ccccc2-n2c3ccccc3c3c(-c4ccccc4)cc(-c4cc5c(cc4Nc4ccccc4)oc4ccccc45)c1c32. The number of hydrogen-bond acceptors (Lipinski definition) is 2. The normalized spacial score (nSPS) is 12.1. The maximum absolute atomic E-state index is 6.41. The zero-order chi connectivity index (χ0) is 30.2. The lowest BCUT2D eigenvalue weighted by Gasteiger charge is -2.25. The van der Waals surface area contributed by atoms with E-state index in [1.807, 2.05) is 6.07 Å². The summed E-state index contributed by atoms with van der Waals surface area (Å²) in [5.74, 6) is 0. The van der Waals surface area contributed by atoms with E-state index in [0.29, 0.717) is 0 Å². The molecule has 1 aliphatic rings. The van der Waals surface area contributed by atoms with Crippen LogP contribution in [-0.4, -0.2) is 11.8 Å². The van der Waals surface area contributed by atoms with E-state index in [-0.39, 0.29) is 0 Å². The second kappa shape index (κ2) is 9.75. The van der Waals surface area contributed by atoms with E-state index in [2.05, 4.69) is 155 Å². The van der Waals surface area contributed by atoms with Crippen molar-refractivity contribution in [3.8, 4) is 27.9 Å². The Balaban J connectivity index is 1.38. The van der Waals surface area contributed by atoms with Gasteiger partial charge in [-0.25, -0.2) is 0 Å². The van der Waals surface area contributed by atoms with Gasteiger partial charge in [-0.2, -0.15) is 0 Å². The van der Waals surface area contributed by atoms with Crippen molar-refractivity contribution in [2.45, 2.75) is 0 Å². The molecule has 9 aromatic rings. The molecule has 4 heteroatoms. The van der Waals surface area contributed by atoms with Crippen LogP contribution in [0.5, 0.6) is 0 Å². The first kappa shape index (κ1) is 25.3. The zero-order valence-electron chi connectivity index (χ0n) is 25.0. The Bertz CT molecular complexity index is 2630. The summed E-state index contributed by atoms with van der Waals surface area (Å²) in [6, 6.07) is 54.3. The molecule has 2 aromatic heterocycles. The number of nitrogens with zero attached hydrogens (tertiary/aromatic N) is 1. The van der Waals surface area contributed by atoms with Gasteiger partial charge in [0.25, 0.3) is 0 Å². The van der Waals surface area contributed by atoms with Gasteiger partial charge in [-0.05, 0) is 64.6 Å². The van der Waals surface area contributed by atoms with Crippen LogP contribution in [0.4, 0.5) is 11.4 Å². The molecule has 214 valence electrons. The number of aromatic nitrogens is 1. The highest BCUT2D eigenvalue weighted by Crippen LogP contribution is 2.44. The summed E-state index contributed by atoms with van der Waals surface area (Å²) in [6.07, 6.45) is 0. The fourth-order valence-electron chi connectivity index (χ4n) is 7.59. The molecule has 1 aliphatic heterocycles. The summed E-state index contributed by atoms with van der Waals surface area (Å²) in [6.45, 7) is 0. The molecule has 0 amide bonds. The summed E-state index contributed by atoms with van der Waals surface area (Å²) in [4.78, 5) is 0. The van der Waals surface area contributed by atoms with E-state index in [1.54, 1.807) is 0 Å². The summed E-state index contributed by atoms with van der Waals surface area (Å²) < 4.78 is 8.92. The first-order chi connectivity index (χ1) is 22.8. The molecule has 7 aromatic carbocycles. The molecule has 3 nitrogen and oxygen atoms in total. The topological polar surface area (TPSA) is 30.1 Å². The summed E-state index contributed by atoms with van der Waals surface area (Å²) in [5, 5.41) is 8.61. The molecule has 0 bridgehead atoms. The number of nitrogens with one attached hydrogen (secondary N) is 1. The van der Waals surface area contributed by atoms with Crippen molar-refractivity contribution in [3.05, 3.63) is 152 Å². The molecule has 0 radical (unpaired) electrons. The van der Waals surface area contributed by atoms with Crippen LogP contribution in [0.3, 0.4) is 0 Å². The molecule has 0 atom stereocenters. The van der Waals surface area contributed by atoms with Crippen LogP contribution in [0.25, 0.3) is 71.7 Å². The van der Waals surface area contributed by atoms with Gasteiger partial charge in [-0.1, -0.05) is 109 Å². The predicted octanol–water partition coefficient (Wildman–Crippen LogP) is 9.46. The van der Waals surface area contributed by atoms with Gasteiger partial charge in [0, 0.05) is 50.1 Å². The summed E-state index contributed by atoms with van der Waals surface area (Å²) in [5.41, 5.74) is 15.1. The molecular weight excluding hydrogens is 559 g/mol. The quantitative estimate of drug-likeness (QED) is 0.208.